The van der Waals surface area contributed by atoms with Gasteiger partial charge in [-0.2, -0.15) is 0 Å². The van der Waals surface area contributed by atoms with Gasteiger partial charge in [-0.3, -0.25) is 0 Å². The van der Waals surface area contributed by atoms with Gasteiger partial charge in [-0.05, 0) is 75.0 Å². The molecule has 2 heteroatoms. The van der Waals surface area contributed by atoms with Crippen LogP contribution >= 0.6 is 0 Å². The van der Waals surface area contributed by atoms with E-state index in [1.165, 1.54) is 77.5 Å². The van der Waals surface area contributed by atoms with Crippen LogP contribution in [-0.2, 0) is 0 Å². The summed E-state index contributed by atoms with van der Waals surface area (Å²) in [6.07, 6.45) is 12.0. The van der Waals surface area contributed by atoms with Crippen LogP contribution in [0.4, 0.5) is 0 Å². The molecule has 0 bridgehead atoms. The van der Waals surface area contributed by atoms with Gasteiger partial charge in [0, 0.05) is 32.2 Å². The Morgan fingerprint density at radius 2 is 1.32 bits per heavy atom. The minimum atomic E-state index is 0.892. The molecule has 0 aromatic heterocycles. The van der Waals surface area contributed by atoms with Crippen molar-refractivity contribution in [3.8, 4) is 0 Å². The van der Waals surface area contributed by atoms with Gasteiger partial charge in [-0.1, -0.05) is 0 Å². The maximum Gasteiger partial charge on any atom is 0.0124 e. The topological polar surface area (TPSA) is 15.3 Å². The van der Waals surface area contributed by atoms with Gasteiger partial charge >= 0.3 is 0 Å². The van der Waals surface area contributed by atoms with Gasteiger partial charge in [0.25, 0.3) is 0 Å². The SMILES string of the molecule is C(CN(CC1CC1)CC1CC1)NC(C1CC1)C1CC1. The summed E-state index contributed by atoms with van der Waals surface area (Å²) >= 11 is 0. The lowest BCUT2D eigenvalue weighted by Gasteiger charge is -2.24. The molecule has 0 amide bonds. The molecule has 108 valence electrons. The van der Waals surface area contributed by atoms with Crippen molar-refractivity contribution in [1.82, 2.24) is 10.2 Å². The summed E-state index contributed by atoms with van der Waals surface area (Å²) in [7, 11) is 0. The molecule has 0 aromatic rings. The highest BCUT2D eigenvalue weighted by Crippen LogP contribution is 2.44. The van der Waals surface area contributed by atoms with Crippen molar-refractivity contribution in [3.63, 3.8) is 0 Å². The van der Waals surface area contributed by atoms with Crippen LogP contribution < -0.4 is 5.32 Å². The van der Waals surface area contributed by atoms with E-state index in [2.05, 4.69) is 10.2 Å². The number of nitrogens with zero attached hydrogens (tertiary/aromatic N) is 1. The lowest BCUT2D eigenvalue weighted by molar-refractivity contribution is 0.244. The second-order valence-corrected chi connectivity index (χ2v) is 7.80. The summed E-state index contributed by atoms with van der Waals surface area (Å²) < 4.78 is 0. The fourth-order valence-corrected chi connectivity index (χ4v) is 3.61. The molecular formula is C17H30N2. The van der Waals surface area contributed by atoms with E-state index in [4.69, 9.17) is 0 Å². The number of rotatable bonds is 10. The van der Waals surface area contributed by atoms with Gasteiger partial charge in [-0.25, -0.2) is 0 Å². The molecule has 0 spiro atoms. The molecular weight excluding hydrogens is 232 g/mol. The van der Waals surface area contributed by atoms with Crippen molar-refractivity contribution in [1.29, 1.82) is 0 Å². The average molecular weight is 262 g/mol. The molecule has 4 rings (SSSR count). The standard InChI is InChI=1S/C17H30N2/c1-2-13(1)11-19(12-14-3-4-14)10-9-18-17(15-5-6-15)16-7-8-16/h13-18H,1-12H2. The van der Waals surface area contributed by atoms with Crippen molar-refractivity contribution in [2.45, 2.75) is 57.4 Å². The first-order chi connectivity index (χ1) is 9.38. The van der Waals surface area contributed by atoms with Crippen LogP contribution in [0.25, 0.3) is 0 Å². The Labute approximate surface area is 118 Å². The fraction of sp³-hybridized carbons (Fsp3) is 1.00. The zero-order valence-electron chi connectivity index (χ0n) is 12.3. The maximum atomic E-state index is 3.92. The van der Waals surface area contributed by atoms with Crippen molar-refractivity contribution in [2.75, 3.05) is 26.2 Å². The Morgan fingerprint density at radius 1 is 0.789 bits per heavy atom. The monoisotopic (exact) mass is 262 g/mol. The lowest BCUT2D eigenvalue weighted by atomic mass is 10.1. The van der Waals surface area contributed by atoms with Crippen LogP contribution in [0, 0.1) is 23.7 Å². The van der Waals surface area contributed by atoms with Crippen LogP contribution in [0.15, 0.2) is 0 Å². The predicted octanol–water partition coefficient (Wildman–Crippen LogP) is 2.89. The highest BCUT2D eigenvalue weighted by Gasteiger charge is 2.41. The van der Waals surface area contributed by atoms with Crippen LogP contribution in [0.2, 0.25) is 0 Å². The molecule has 4 aliphatic rings. The van der Waals surface area contributed by atoms with Gasteiger partial charge < -0.3 is 10.2 Å². The smallest absolute Gasteiger partial charge is 0.0124 e. The van der Waals surface area contributed by atoms with Crippen molar-refractivity contribution >= 4 is 0 Å². The average Bonchev–Trinajstić information content (AvgIpc) is 3.21. The van der Waals surface area contributed by atoms with Gasteiger partial charge in [-0.15, -0.1) is 0 Å². The van der Waals surface area contributed by atoms with Crippen LogP contribution in [-0.4, -0.2) is 37.1 Å². The van der Waals surface area contributed by atoms with Crippen molar-refractivity contribution in [3.05, 3.63) is 0 Å². The molecule has 1 N–H and O–H groups in total. The summed E-state index contributed by atoms with van der Waals surface area (Å²) in [5.41, 5.74) is 0. The van der Waals surface area contributed by atoms with E-state index in [1.807, 2.05) is 0 Å². The van der Waals surface area contributed by atoms with Crippen LogP contribution in [0.3, 0.4) is 0 Å². The molecule has 19 heavy (non-hydrogen) atoms. The highest BCUT2D eigenvalue weighted by molar-refractivity contribution is 4.96. The molecule has 4 fully saturated rings. The Balaban J connectivity index is 1.19. The minimum absolute atomic E-state index is 0.892. The van der Waals surface area contributed by atoms with Gasteiger partial charge in [0.15, 0.2) is 0 Å². The molecule has 0 saturated heterocycles. The molecule has 4 aliphatic carbocycles. The Bertz CT molecular complexity index is 274. The van der Waals surface area contributed by atoms with Crippen molar-refractivity contribution < 1.29 is 0 Å². The lowest BCUT2D eigenvalue weighted by Crippen LogP contribution is -2.40. The molecule has 0 heterocycles. The highest BCUT2D eigenvalue weighted by atomic mass is 15.2. The third-order valence-corrected chi connectivity index (χ3v) is 5.49. The van der Waals surface area contributed by atoms with E-state index in [0.29, 0.717) is 0 Å². The number of hydrogen-bond acceptors (Lipinski definition) is 2. The van der Waals surface area contributed by atoms with E-state index in [-0.39, 0.29) is 0 Å². The van der Waals surface area contributed by atoms with E-state index in [9.17, 15) is 0 Å². The van der Waals surface area contributed by atoms with Gasteiger partial charge in [0.1, 0.15) is 0 Å². The molecule has 0 aliphatic heterocycles. The third-order valence-electron chi connectivity index (χ3n) is 5.49. The maximum absolute atomic E-state index is 3.92. The Hall–Kier alpha value is -0.0800. The zero-order chi connectivity index (χ0) is 12.7. The number of hydrogen-bond donors (Lipinski definition) is 1. The van der Waals surface area contributed by atoms with Gasteiger partial charge in [0.05, 0.1) is 0 Å². The van der Waals surface area contributed by atoms with E-state index in [0.717, 1.165) is 29.7 Å². The number of nitrogens with one attached hydrogen (secondary N) is 1. The molecule has 2 nitrogen and oxygen atoms in total. The van der Waals surface area contributed by atoms with E-state index in [1.54, 1.807) is 0 Å². The fourth-order valence-electron chi connectivity index (χ4n) is 3.61. The van der Waals surface area contributed by atoms with Crippen LogP contribution in [0.1, 0.15) is 51.4 Å². The molecule has 4 saturated carbocycles. The predicted molar refractivity (Wildman–Crippen MR) is 79.1 cm³/mol. The molecule has 0 aromatic carbocycles. The zero-order valence-corrected chi connectivity index (χ0v) is 12.3. The first-order valence-corrected chi connectivity index (χ1v) is 8.84. The quantitative estimate of drug-likeness (QED) is 0.651. The van der Waals surface area contributed by atoms with Crippen LogP contribution in [0.5, 0.6) is 0 Å². The summed E-state index contributed by atoms with van der Waals surface area (Å²) in [6, 6.07) is 0.892. The molecule has 0 unspecified atom stereocenters. The Morgan fingerprint density at radius 3 is 1.74 bits per heavy atom. The first kappa shape index (κ1) is 12.6. The summed E-state index contributed by atoms with van der Waals surface area (Å²) in [5, 5.41) is 3.92. The second kappa shape index (κ2) is 5.37. The first-order valence-electron chi connectivity index (χ1n) is 8.84. The summed E-state index contributed by atoms with van der Waals surface area (Å²) in [5.74, 6) is 4.21. The normalized spacial score (nSPS) is 27.5. The summed E-state index contributed by atoms with van der Waals surface area (Å²) in [4.78, 5) is 2.78. The third kappa shape index (κ3) is 3.95. The van der Waals surface area contributed by atoms with E-state index >= 15 is 0 Å². The summed E-state index contributed by atoms with van der Waals surface area (Å²) in [6.45, 7) is 5.35. The second-order valence-electron chi connectivity index (χ2n) is 7.80. The van der Waals surface area contributed by atoms with Crippen molar-refractivity contribution in [2.24, 2.45) is 23.7 Å². The van der Waals surface area contributed by atoms with Gasteiger partial charge in [0.2, 0.25) is 0 Å². The largest absolute Gasteiger partial charge is 0.312 e. The molecule has 0 radical (unpaired) electrons. The van der Waals surface area contributed by atoms with E-state index < -0.39 is 0 Å². The molecule has 0 atom stereocenters. The minimum Gasteiger partial charge on any atom is -0.312 e. The Kier molecular flexibility index (Phi) is 3.57.